The van der Waals surface area contributed by atoms with Crippen LogP contribution in [0, 0.1) is 0 Å². The van der Waals surface area contributed by atoms with Crippen molar-refractivity contribution in [3.05, 3.63) is 50.5 Å². The highest BCUT2D eigenvalue weighted by atomic mass is 79.9. The van der Waals surface area contributed by atoms with Crippen molar-refractivity contribution in [1.29, 1.82) is 0 Å². The molecule has 0 saturated heterocycles. The Hall–Kier alpha value is -1.10. The molecule has 2 aromatic rings. The van der Waals surface area contributed by atoms with E-state index in [2.05, 4.69) is 20.9 Å². The maximum atomic E-state index is 11.0. The van der Waals surface area contributed by atoms with Crippen molar-refractivity contribution in [2.24, 2.45) is 0 Å². The number of pyridine rings is 1. The Morgan fingerprint density at radius 3 is 2.50 bits per heavy atom. The number of hydrogen-bond acceptors (Lipinski definition) is 2. The summed E-state index contributed by atoms with van der Waals surface area (Å²) in [7, 11) is 0. The Morgan fingerprint density at radius 1 is 1.17 bits per heavy atom. The Kier molecular flexibility index (Phi) is 3.90. The number of aromatic nitrogens is 1. The molecule has 18 heavy (non-hydrogen) atoms. The molecule has 1 N–H and O–H groups in total. The van der Waals surface area contributed by atoms with Gasteiger partial charge in [-0.3, -0.25) is 0 Å². The lowest BCUT2D eigenvalue weighted by atomic mass is 10.1. The van der Waals surface area contributed by atoms with Crippen LogP contribution < -0.4 is 0 Å². The van der Waals surface area contributed by atoms with Gasteiger partial charge in [-0.1, -0.05) is 29.3 Å². The highest BCUT2D eigenvalue weighted by Crippen LogP contribution is 2.28. The molecular formula is C12H6BrCl2NO2. The number of aromatic carboxylic acids is 1. The first-order valence-corrected chi connectivity index (χ1v) is 6.38. The summed E-state index contributed by atoms with van der Waals surface area (Å²) in [6.07, 6.45) is 0. The molecule has 92 valence electrons. The van der Waals surface area contributed by atoms with Crippen molar-refractivity contribution in [2.75, 3.05) is 0 Å². The number of carboxylic acids is 1. The molecule has 0 aliphatic carbocycles. The Balaban J connectivity index is 2.56. The van der Waals surface area contributed by atoms with Gasteiger partial charge in [0.25, 0.3) is 0 Å². The minimum atomic E-state index is -1.01. The predicted molar refractivity (Wildman–Crippen MR) is 74.4 cm³/mol. The van der Waals surface area contributed by atoms with Gasteiger partial charge in [0, 0.05) is 5.56 Å². The van der Waals surface area contributed by atoms with Crippen LogP contribution in [0.15, 0.2) is 34.9 Å². The monoisotopic (exact) mass is 345 g/mol. The lowest BCUT2D eigenvalue weighted by Gasteiger charge is -2.05. The molecule has 0 spiro atoms. The van der Waals surface area contributed by atoms with Gasteiger partial charge in [0.05, 0.1) is 21.3 Å². The molecule has 0 atom stereocenters. The average molecular weight is 347 g/mol. The van der Waals surface area contributed by atoms with Crippen LogP contribution in [0.1, 0.15) is 10.4 Å². The van der Waals surface area contributed by atoms with E-state index in [0.717, 1.165) is 0 Å². The van der Waals surface area contributed by atoms with Crippen LogP contribution >= 0.6 is 39.1 Å². The quantitative estimate of drug-likeness (QED) is 0.813. The summed E-state index contributed by atoms with van der Waals surface area (Å²) in [6, 6.07) is 7.93. The van der Waals surface area contributed by atoms with Crippen molar-refractivity contribution >= 4 is 45.1 Å². The van der Waals surface area contributed by atoms with E-state index in [4.69, 9.17) is 28.3 Å². The van der Waals surface area contributed by atoms with Crippen LogP contribution in [-0.4, -0.2) is 16.1 Å². The van der Waals surface area contributed by atoms with Gasteiger partial charge in [0.15, 0.2) is 0 Å². The number of benzene rings is 1. The molecule has 0 fully saturated rings. The fourth-order valence-electron chi connectivity index (χ4n) is 1.42. The summed E-state index contributed by atoms with van der Waals surface area (Å²) in [4.78, 5) is 15.2. The SMILES string of the molecule is O=C(O)c1cc(Br)nc(-c2ccc(Cl)c(Cl)c2)c1. The number of hydrogen-bond donors (Lipinski definition) is 1. The molecule has 6 heteroatoms. The molecule has 0 bridgehead atoms. The Morgan fingerprint density at radius 2 is 1.89 bits per heavy atom. The normalized spacial score (nSPS) is 10.4. The lowest BCUT2D eigenvalue weighted by Crippen LogP contribution is -1.98. The topological polar surface area (TPSA) is 50.2 Å². The number of carboxylic acid groups (broad SMARTS) is 1. The van der Waals surface area contributed by atoms with Crippen LogP contribution in [0.25, 0.3) is 11.3 Å². The Bertz CT molecular complexity index is 631. The third-order valence-corrected chi connectivity index (χ3v) is 3.40. The minimum Gasteiger partial charge on any atom is -0.478 e. The summed E-state index contributed by atoms with van der Waals surface area (Å²) in [5.74, 6) is -1.01. The molecule has 3 nitrogen and oxygen atoms in total. The molecule has 0 aliphatic rings. The highest BCUT2D eigenvalue weighted by Gasteiger charge is 2.10. The first-order chi connectivity index (χ1) is 8.47. The molecule has 1 aromatic carbocycles. The van der Waals surface area contributed by atoms with Gasteiger partial charge in [-0.15, -0.1) is 0 Å². The summed E-state index contributed by atoms with van der Waals surface area (Å²) >= 11 is 14.9. The van der Waals surface area contributed by atoms with Gasteiger partial charge in [-0.25, -0.2) is 9.78 Å². The molecule has 0 radical (unpaired) electrons. The van der Waals surface area contributed by atoms with E-state index in [9.17, 15) is 4.79 Å². The van der Waals surface area contributed by atoms with Crippen molar-refractivity contribution in [3.63, 3.8) is 0 Å². The number of nitrogens with zero attached hydrogens (tertiary/aromatic N) is 1. The number of rotatable bonds is 2. The molecular weight excluding hydrogens is 341 g/mol. The summed E-state index contributed by atoms with van der Waals surface area (Å²) in [6.45, 7) is 0. The Labute approximate surface area is 122 Å². The summed E-state index contributed by atoms with van der Waals surface area (Å²) in [5, 5.41) is 9.82. The molecule has 2 rings (SSSR count). The van der Waals surface area contributed by atoms with Crippen LogP contribution in [0.3, 0.4) is 0 Å². The maximum absolute atomic E-state index is 11.0. The number of halogens is 3. The van der Waals surface area contributed by atoms with E-state index in [0.29, 0.717) is 25.9 Å². The van der Waals surface area contributed by atoms with E-state index in [1.54, 1.807) is 18.2 Å². The van der Waals surface area contributed by atoms with Crippen molar-refractivity contribution < 1.29 is 9.90 Å². The van der Waals surface area contributed by atoms with Crippen LogP contribution in [0.4, 0.5) is 0 Å². The molecule has 1 heterocycles. The second kappa shape index (κ2) is 5.26. The van der Waals surface area contributed by atoms with Gasteiger partial charge < -0.3 is 5.11 Å². The van der Waals surface area contributed by atoms with Gasteiger partial charge in [-0.05, 0) is 40.2 Å². The van der Waals surface area contributed by atoms with E-state index in [-0.39, 0.29) is 5.56 Å². The second-order valence-electron chi connectivity index (χ2n) is 3.50. The van der Waals surface area contributed by atoms with E-state index in [1.165, 1.54) is 12.1 Å². The zero-order valence-electron chi connectivity index (χ0n) is 8.82. The van der Waals surface area contributed by atoms with E-state index in [1.807, 2.05) is 0 Å². The zero-order chi connectivity index (χ0) is 13.3. The van der Waals surface area contributed by atoms with Crippen molar-refractivity contribution in [2.45, 2.75) is 0 Å². The molecule has 0 saturated carbocycles. The van der Waals surface area contributed by atoms with Crippen molar-refractivity contribution in [1.82, 2.24) is 4.98 Å². The number of carbonyl (C=O) groups is 1. The van der Waals surface area contributed by atoms with Gasteiger partial charge in [0.1, 0.15) is 4.60 Å². The maximum Gasteiger partial charge on any atom is 0.335 e. The van der Waals surface area contributed by atoms with Gasteiger partial charge in [0.2, 0.25) is 0 Å². The lowest BCUT2D eigenvalue weighted by molar-refractivity contribution is 0.0696. The minimum absolute atomic E-state index is 0.151. The molecule has 0 amide bonds. The first kappa shape index (κ1) is 13.3. The van der Waals surface area contributed by atoms with Gasteiger partial charge in [-0.2, -0.15) is 0 Å². The predicted octanol–water partition coefficient (Wildman–Crippen LogP) is 4.52. The largest absolute Gasteiger partial charge is 0.478 e. The fourth-order valence-corrected chi connectivity index (χ4v) is 2.16. The highest BCUT2D eigenvalue weighted by molar-refractivity contribution is 9.10. The smallest absolute Gasteiger partial charge is 0.335 e. The van der Waals surface area contributed by atoms with E-state index >= 15 is 0 Å². The third-order valence-electron chi connectivity index (χ3n) is 2.26. The standard InChI is InChI=1S/C12H6BrCl2NO2/c13-11-5-7(12(17)18)4-10(16-11)6-1-2-8(14)9(15)3-6/h1-5H,(H,17,18). The third kappa shape index (κ3) is 2.83. The average Bonchev–Trinajstić information content (AvgIpc) is 2.31. The molecule has 0 unspecified atom stereocenters. The fraction of sp³-hybridized carbons (Fsp3) is 0. The summed E-state index contributed by atoms with van der Waals surface area (Å²) < 4.78 is 0.448. The summed E-state index contributed by atoms with van der Waals surface area (Å²) in [5.41, 5.74) is 1.37. The first-order valence-electron chi connectivity index (χ1n) is 4.83. The van der Waals surface area contributed by atoms with Gasteiger partial charge >= 0.3 is 5.97 Å². The second-order valence-corrected chi connectivity index (χ2v) is 5.12. The van der Waals surface area contributed by atoms with Crippen molar-refractivity contribution in [3.8, 4) is 11.3 Å². The van der Waals surface area contributed by atoms with Crippen LogP contribution in [-0.2, 0) is 0 Å². The molecule has 1 aromatic heterocycles. The van der Waals surface area contributed by atoms with Crippen LogP contribution in [0.2, 0.25) is 10.0 Å². The molecule has 0 aliphatic heterocycles. The van der Waals surface area contributed by atoms with E-state index < -0.39 is 5.97 Å². The van der Waals surface area contributed by atoms with Crippen LogP contribution in [0.5, 0.6) is 0 Å². The zero-order valence-corrected chi connectivity index (χ0v) is 11.9.